The van der Waals surface area contributed by atoms with E-state index in [4.69, 9.17) is 11.0 Å². The van der Waals surface area contributed by atoms with E-state index in [-0.39, 0.29) is 17.3 Å². The second-order valence-electron chi connectivity index (χ2n) is 3.81. The van der Waals surface area contributed by atoms with Crippen LogP contribution in [0.25, 0.3) is 0 Å². The van der Waals surface area contributed by atoms with Gasteiger partial charge in [-0.15, -0.1) is 0 Å². The number of likely N-dealkylation sites (tertiary alicyclic amines) is 1. The molecule has 0 spiro atoms. The molecule has 0 aromatic rings. The largest absolute Gasteiger partial charge is 0.480 e. The Kier molecular flexibility index (Phi) is 7.12. The minimum absolute atomic E-state index is 0. The summed E-state index contributed by atoms with van der Waals surface area (Å²) in [6.07, 6.45) is 1.28. The maximum absolute atomic E-state index is 11.9. The van der Waals surface area contributed by atoms with Crippen LogP contribution in [0, 0.1) is 5.92 Å². The molecule has 0 saturated carbocycles. The molecule has 100 valence electrons. The van der Waals surface area contributed by atoms with Gasteiger partial charge < -0.3 is 15.5 Å². The van der Waals surface area contributed by atoms with E-state index in [0.717, 1.165) is 18.5 Å². The zero-order valence-electron chi connectivity index (χ0n) is 9.59. The van der Waals surface area contributed by atoms with Crippen molar-refractivity contribution in [2.45, 2.75) is 25.8 Å². The Balaban J connectivity index is 0.00000256. The van der Waals surface area contributed by atoms with Crippen LogP contribution < -0.4 is 5.90 Å². The van der Waals surface area contributed by atoms with E-state index in [1.165, 1.54) is 4.90 Å². The summed E-state index contributed by atoms with van der Waals surface area (Å²) >= 11 is 0.996. The van der Waals surface area contributed by atoms with Crippen molar-refractivity contribution in [3.63, 3.8) is 0 Å². The molecular weight excluding hydrogens is 248 g/mol. The number of hydrogen-bond acceptors (Lipinski definition) is 5. The van der Waals surface area contributed by atoms with Crippen molar-refractivity contribution in [2.24, 2.45) is 11.8 Å². The van der Waals surface area contributed by atoms with Gasteiger partial charge >= 0.3 is 5.97 Å². The van der Waals surface area contributed by atoms with Crippen LogP contribution in [0.15, 0.2) is 0 Å². The molecule has 0 aliphatic carbocycles. The highest BCUT2D eigenvalue weighted by Gasteiger charge is 2.35. The number of carboxylic acids is 1. The average Bonchev–Trinajstić information content (AvgIpc) is 2.73. The van der Waals surface area contributed by atoms with E-state index in [0.29, 0.717) is 18.7 Å². The van der Waals surface area contributed by atoms with Crippen molar-refractivity contribution >= 4 is 23.9 Å². The maximum Gasteiger partial charge on any atom is 0.326 e. The molecule has 7 nitrogen and oxygen atoms in total. The molecule has 0 bridgehead atoms. The number of nitrogens with two attached hydrogens (primary N) is 1. The van der Waals surface area contributed by atoms with Gasteiger partial charge in [-0.2, -0.15) is 0 Å². The lowest BCUT2D eigenvalue weighted by Gasteiger charge is -2.24. The normalized spacial score (nSPS) is 20.8. The number of rotatable bonds is 5. The molecule has 2 atom stereocenters. The Bertz CT molecular complexity index is 276. The maximum atomic E-state index is 11.9. The third-order valence-corrected chi connectivity index (χ3v) is 3.40. The highest BCUT2D eigenvalue weighted by Crippen LogP contribution is 2.21. The molecular formula is C9H18N2O5S. The molecule has 17 heavy (non-hydrogen) atoms. The van der Waals surface area contributed by atoms with Crippen LogP contribution in [0.2, 0.25) is 0 Å². The molecule has 1 saturated heterocycles. The third kappa shape index (κ3) is 4.15. The molecule has 1 fully saturated rings. The highest BCUT2D eigenvalue weighted by atomic mass is 32.2. The van der Waals surface area contributed by atoms with E-state index >= 15 is 0 Å². The van der Waals surface area contributed by atoms with Gasteiger partial charge in [0.05, 0.1) is 0 Å². The lowest BCUT2D eigenvalue weighted by atomic mass is 10.1. The predicted molar refractivity (Wildman–Crippen MR) is 62.9 cm³/mol. The third-order valence-electron chi connectivity index (χ3n) is 2.63. The Hall–Kier alpha value is -0.830. The summed E-state index contributed by atoms with van der Waals surface area (Å²) in [4.78, 5) is 24.3. The first kappa shape index (κ1) is 16.2. The van der Waals surface area contributed by atoms with Crippen LogP contribution in [0.4, 0.5) is 0 Å². The topological polar surface area (TPSA) is 124 Å². The monoisotopic (exact) mass is 266 g/mol. The standard InChI is InChI=1S/C9H16N2O4S.H2O/c1-6(5-16-15-10)8(12)11-4-2-3-7(11)9(13)14;/h6-7H,2-5,10H2,1H3,(H,13,14);1H2/t6-,7+;/m1./s1. The summed E-state index contributed by atoms with van der Waals surface area (Å²) < 4.78 is 4.33. The van der Waals surface area contributed by atoms with Crippen LogP contribution >= 0.6 is 12.0 Å². The van der Waals surface area contributed by atoms with Gasteiger partial charge in [0.2, 0.25) is 5.91 Å². The number of carbonyl (C=O) groups excluding carboxylic acids is 1. The fourth-order valence-electron chi connectivity index (χ4n) is 1.78. The molecule has 0 aromatic heterocycles. The lowest BCUT2D eigenvalue weighted by Crippen LogP contribution is -2.43. The molecule has 5 N–H and O–H groups in total. The number of carboxylic acid groups (broad SMARTS) is 1. The van der Waals surface area contributed by atoms with Gasteiger partial charge in [0, 0.05) is 30.3 Å². The number of aliphatic carboxylic acids is 1. The SMILES string of the molecule is C[C@H](CSON)C(=O)N1CCC[C@H]1C(=O)O.O. The number of carbonyl (C=O) groups is 2. The Morgan fingerprint density at radius 1 is 1.65 bits per heavy atom. The van der Waals surface area contributed by atoms with E-state index < -0.39 is 12.0 Å². The van der Waals surface area contributed by atoms with E-state index in [9.17, 15) is 9.59 Å². The van der Waals surface area contributed by atoms with Crippen molar-refractivity contribution in [1.82, 2.24) is 4.90 Å². The number of amides is 1. The van der Waals surface area contributed by atoms with Gasteiger partial charge in [0.15, 0.2) is 0 Å². The molecule has 8 heteroatoms. The van der Waals surface area contributed by atoms with Gasteiger partial charge in [-0.3, -0.25) is 4.79 Å². The summed E-state index contributed by atoms with van der Waals surface area (Å²) in [7, 11) is 0. The summed E-state index contributed by atoms with van der Waals surface area (Å²) in [6.45, 7) is 2.26. The van der Waals surface area contributed by atoms with Crippen LogP contribution in [0.5, 0.6) is 0 Å². The van der Waals surface area contributed by atoms with E-state index in [2.05, 4.69) is 4.28 Å². The molecule has 0 unspecified atom stereocenters. The van der Waals surface area contributed by atoms with Gasteiger partial charge in [0.1, 0.15) is 6.04 Å². The zero-order valence-corrected chi connectivity index (χ0v) is 10.4. The van der Waals surface area contributed by atoms with Crippen LogP contribution in [0.3, 0.4) is 0 Å². The molecule has 1 amide bonds. The molecule has 0 radical (unpaired) electrons. The van der Waals surface area contributed by atoms with E-state index in [1.54, 1.807) is 6.92 Å². The van der Waals surface area contributed by atoms with Crippen LogP contribution in [0.1, 0.15) is 19.8 Å². The second kappa shape index (κ2) is 7.49. The van der Waals surface area contributed by atoms with Gasteiger partial charge in [0.25, 0.3) is 0 Å². The fourth-order valence-corrected chi connectivity index (χ4v) is 2.21. The molecule has 1 heterocycles. The van der Waals surface area contributed by atoms with Crippen molar-refractivity contribution in [2.75, 3.05) is 12.3 Å². The lowest BCUT2D eigenvalue weighted by molar-refractivity contribution is -0.149. The molecule has 1 aliphatic heterocycles. The summed E-state index contributed by atoms with van der Waals surface area (Å²) in [5.41, 5.74) is 0. The predicted octanol–water partition coefficient (Wildman–Crippen LogP) is -0.588. The van der Waals surface area contributed by atoms with E-state index in [1.807, 2.05) is 0 Å². The van der Waals surface area contributed by atoms with Crippen LogP contribution in [-0.4, -0.2) is 45.7 Å². The highest BCUT2D eigenvalue weighted by molar-refractivity contribution is 7.94. The first-order valence-electron chi connectivity index (χ1n) is 5.09. The zero-order chi connectivity index (χ0) is 12.1. The number of nitrogens with zero attached hydrogens (tertiary/aromatic N) is 1. The fraction of sp³-hybridized carbons (Fsp3) is 0.778. The Labute approximate surface area is 104 Å². The molecule has 1 rings (SSSR count). The number of hydrogen-bond donors (Lipinski definition) is 2. The van der Waals surface area contributed by atoms with Crippen molar-refractivity contribution in [3.8, 4) is 0 Å². The van der Waals surface area contributed by atoms with Crippen molar-refractivity contribution in [3.05, 3.63) is 0 Å². The smallest absolute Gasteiger partial charge is 0.326 e. The summed E-state index contributed by atoms with van der Waals surface area (Å²) in [5, 5.41) is 8.95. The minimum Gasteiger partial charge on any atom is -0.480 e. The Morgan fingerprint density at radius 2 is 2.29 bits per heavy atom. The van der Waals surface area contributed by atoms with Crippen molar-refractivity contribution in [1.29, 1.82) is 0 Å². The molecule has 1 aliphatic rings. The Morgan fingerprint density at radius 3 is 2.82 bits per heavy atom. The minimum atomic E-state index is -0.930. The summed E-state index contributed by atoms with van der Waals surface area (Å²) in [6, 6.07) is -0.668. The quantitative estimate of drug-likeness (QED) is 0.506. The van der Waals surface area contributed by atoms with Gasteiger partial charge in [-0.25, -0.2) is 15.0 Å². The summed E-state index contributed by atoms with van der Waals surface area (Å²) in [5.74, 6) is 3.92. The first-order valence-corrected chi connectivity index (χ1v) is 6.00. The average molecular weight is 266 g/mol. The second-order valence-corrected chi connectivity index (χ2v) is 4.57. The van der Waals surface area contributed by atoms with Gasteiger partial charge in [-0.1, -0.05) is 6.92 Å². The first-order chi connectivity index (χ1) is 7.57. The van der Waals surface area contributed by atoms with Gasteiger partial charge in [-0.05, 0) is 12.8 Å². The van der Waals surface area contributed by atoms with Crippen molar-refractivity contribution < 1.29 is 24.5 Å². The van der Waals surface area contributed by atoms with Crippen LogP contribution in [-0.2, 0) is 13.9 Å². The molecule has 0 aromatic carbocycles.